The second kappa shape index (κ2) is 3.36. The van der Waals surface area contributed by atoms with Crippen LogP contribution in [0.4, 0.5) is 0 Å². The monoisotopic (exact) mass is 201 g/mol. The van der Waals surface area contributed by atoms with Crippen LogP contribution >= 0.6 is 22.9 Å². The fourth-order valence-electron chi connectivity index (χ4n) is 1.39. The lowest BCUT2D eigenvalue weighted by atomic mass is 10.1. The van der Waals surface area contributed by atoms with Crippen LogP contribution < -0.4 is 5.73 Å². The molecule has 0 bridgehead atoms. The van der Waals surface area contributed by atoms with E-state index >= 15 is 0 Å². The van der Waals surface area contributed by atoms with Gasteiger partial charge in [-0.15, -0.1) is 11.3 Å². The first kappa shape index (κ1) is 8.54. The SMILES string of the molecule is N[C@H](CC1CC1)c1sccc1Cl. The van der Waals surface area contributed by atoms with E-state index in [1.165, 1.54) is 12.8 Å². The predicted octanol–water partition coefficient (Wildman–Crippen LogP) is 3.20. The highest BCUT2D eigenvalue weighted by molar-refractivity contribution is 7.10. The van der Waals surface area contributed by atoms with E-state index in [1.54, 1.807) is 11.3 Å². The summed E-state index contributed by atoms with van der Waals surface area (Å²) in [5, 5.41) is 2.85. The molecule has 0 saturated heterocycles. The summed E-state index contributed by atoms with van der Waals surface area (Å²) in [6.45, 7) is 0. The van der Waals surface area contributed by atoms with Crippen molar-refractivity contribution in [3.8, 4) is 0 Å². The van der Waals surface area contributed by atoms with Crippen molar-refractivity contribution in [3.05, 3.63) is 21.3 Å². The molecule has 1 nitrogen and oxygen atoms in total. The molecular weight excluding hydrogens is 190 g/mol. The molecule has 1 atom stereocenters. The molecule has 1 heterocycles. The Morgan fingerprint density at radius 3 is 2.92 bits per heavy atom. The zero-order chi connectivity index (χ0) is 8.55. The van der Waals surface area contributed by atoms with Gasteiger partial charge in [0.15, 0.2) is 0 Å². The zero-order valence-corrected chi connectivity index (χ0v) is 8.37. The van der Waals surface area contributed by atoms with Gasteiger partial charge in [0.05, 0.1) is 5.02 Å². The predicted molar refractivity (Wildman–Crippen MR) is 53.6 cm³/mol. The summed E-state index contributed by atoms with van der Waals surface area (Å²) in [4.78, 5) is 1.16. The first-order valence-electron chi connectivity index (χ1n) is 4.26. The van der Waals surface area contributed by atoms with Gasteiger partial charge in [0.2, 0.25) is 0 Å². The van der Waals surface area contributed by atoms with Crippen LogP contribution in [0, 0.1) is 5.92 Å². The van der Waals surface area contributed by atoms with Gasteiger partial charge in [0.25, 0.3) is 0 Å². The van der Waals surface area contributed by atoms with Gasteiger partial charge in [-0.05, 0) is 23.8 Å². The molecular formula is C9H12ClNS. The van der Waals surface area contributed by atoms with Gasteiger partial charge in [-0.2, -0.15) is 0 Å². The molecule has 3 heteroatoms. The number of hydrogen-bond donors (Lipinski definition) is 1. The van der Waals surface area contributed by atoms with Gasteiger partial charge in [-0.25, -0.2) is 0 Å². The quantitative estimate of drug-likeness (QED) is 0.799. The third-order valence-corrected chi connectivity index (χ3v) is 3.76. The molecule has 1 aromatic rings. The molecule has 0 radical (unpaired) electrons. The van der Waals surface area contributed by atoms with Crippen molar-refractivity contribution in [2.75, 3.05) is 0 Å². The Morgan fingerprint density at radius 1 is 1.67 bits per heavy atom. The summed E-state index contributed by atoms with van der Waals surface area (Å²) in [7, 11) is 0. The standard InChI is InChI=1S/C9H12ClNS/c10-7-3-4-12-9(7)8(11)5-6-1-2-6/h3-4,6,8H,1-2,5,11H2/t8-/m1/s1. The fraction of sp³-hybridized carbons (Fsp3) is 0.556. The summed E-state index contributed by atoms with van der Waals surface area (Å²) in [6, 6.07) is 2.10. The van der Waals surface area contributed by atoms with Gasteiger partial charge >= 0.3 is 0 Å². The molecule has 1 saturated carbocycles. The molecule has 12 heavy (non-hydrogen) atoms. The van der Waals surface area contributed by atoms with Crippen molar-refractivity contribution in [3.63, 3.8) is 0 Å². The molecule has 1 aromatic heterocycles. The van der Waals surface area contributed by atoms with Crippen LogP contribution in [0.25, 0.3) is 0 Å². The Bertz CT molecular complexity index is 267. The van der Waals surface area contributed by atoms with Crippen molar-refractivity contribution in [1.29, 1.82) is 0 Å². The van der Waals surface area contributed by atoms with Gasteiger partial charge in [0.1, 0.15) is 0 Å². The lowest BCUT2D eigenvalue weighted by Gasteiger charge is -2.08. The van der Waals surface area contributed by atoms with Crippen LogP contribution in [0.2, 0.25) is 5.02 Å². The molecule has 1 fully saturated rings. The van der Waals surface area contributed by atoms with Gasteiger partial charge in [-0.3, -0.25) is 0 Å². The Kier molecular flexibility index (Phi) is 2.40. The number of nitrogens with two attached hydrogens (primary N) is 1. The third kappa shape index (κ3) is 1.82. The third-order valence-electron chi connectivity index (χ3n) is 2.27. The fourth-order valence-corrected chi connectivity index (χ4v) is 2.60. The molecule has 2 N–H and O–H groups in total. The van der Waals surface area contributed by atoms with E-state index in [2.05, 4.69) is 0 Å². The molecule has 1 aliphatic carbocycles. The lowest BCUT2D eigenvalue weighted by Crippen LogP contribution is -2.09. The number of hydrogen-bond acceptors (Lipinski definition) is 2. The van der Waals surface area contributed by atoms with Crippen LogP contribution in [-0.4, -0.2) is 0 Å². The summed E-state index contributed by atoms with van der Waals surface area (Å²) in [5.41, 5.74) is 6.01. The molecule has 1 aliphatic rings. The second-order valence-electron chi connectivity index (χ2n) is 3.42. The Hall–Kier alpha value is -0.0500. The van der Waals surface area contributed by atoms with Crippen LogP contribution in [-0.2, 0) is 0 Å². The van der Waals surface area contributed by atoms with E-state index in [0.717, 1.165) is 22.2 Å². The largest absolute Gasteiger partial charge is 0.323 e. The summed E-state index contributed by atoms with van der Waals surface area (Å²) in [6.07, 6.45) is 3.83. The molecule has 0 aliphatic heterocycles. The first-order chi connectivity index (χ1) is 5.77. The van der Waals surface area contributed by atoms with Crippen molar-refractivity contribution in [1.82, 2.24) is 0 Å². The average Bonchev–Trinajstić information content (AvgIpc) is 2.72. The van der Waals surface area contributed by atoms with E-state index in [1.807, 2.05) is 11.4 Å². The van der Waals surface area contributed by atoms with Crippen LogP contribution in [0.15, 0.2) is 11.4 Å². The first-order valence-corrected chi connectivity index (χ1v) is 5.51. The van der Waals surface area contributed by atoms with Crippen molar-refractivity contribution >= 4 is 22.9 Å². The van der Waals surface area contributed by atoms with Crippen molar-refractivity contribution in [2.24, 2.45) is 11.7 Å². The maximum atomic E-state index is 6.01. The minimum Gasteiger partial charge on any atom is -0.323 e. The summed E-state index contributed by atoms with van der Waals surface area (Å²) >= 11 is 7.64. The topological polar surface area (TPSA) is 26.0 Å². The number of thiophene rings is 1. The zero-order valence-electron chi connectivity index (χ0n) is 6.79. The summed E-state index contributed by atoms with van der Waals surface area (Å²) < 4.78 is 0. The van der Waals surface area contributed by atoms with E-state index in [4.69, 9.17) is 17.3 Å². The van der Waals surface area contributed by atoms with Gasteiger partial charge < -0.3 is 5.73 Å². The van der Waals surface area contributed by atoms with Gasteiger partial charge in [0, 0.05) is 10.9 Å². The smallest absolute Gasteiger partial charge is 0.0561 e. The normalized spacial score (nSPS) is 19.5. The molecule has 2 rings (SSSR count). The number of rotatable bonds is 3. The minimum atomic E-state index is 0.171. The summed E-state index contributed by atoms with van der Waals surface area (Å²) in [5.74, 6) is 0.873. The van der Waals surface area contributed by atoms with Crippen LogP contribution in [0.3, 0.4) is 0 Å². The molecule has 66 valence electrons. The maximum Gasteiger partial charge on any atom is 0.0561 e. The number of halogens is 1. The lowest BCUT2D eigenvalue weighted by molar-refractivity contribution is 0.605. The van der Waals surface area contributed by atoms with Crippen molar-refractivity contribution in [2.45, 2.75) is 25.3 Å². The highest BCUT2D eigenvalue weighted by Gasteiger charge is 2.25. The van der Waals surface area contributed by atoms with E-state index < -0.39 is 0 Å². The van der Waals surface area contributed by atoms with Crippen LogP contribution in [0.5, 0.6) is 0 Å². The minimum absolute atomic E-state index is 0.171. The Balaban J connectivity index is 2.02. The molecule has 0 amide bonds. The highest BCUT2D eigenvalue weighted by atomic mass is 35.5. The molecule has 0 aromatic carbocycles. The molecule has 0 spiro atoms. The Morgan fingerprint density at radius 2 is 2.42 bits per heavy atom. The Labute approximate surface area is 81.5 Å². The van der Waals surface area contributed by atoms with E-state index in [-0.39, 0.29) is 6.04 Å². The van der Waals surface area contributed by atoms with Gasteiger partial charge in [-0.1, -0.05) is 24.4 Å². The van der Waals surface area contributed by atoms with E-state index in [9.17, 15) is 0 Å². The maximum absolute atomic E-state index is 6.01. The van der Waals surface area contributed by atoms with E-state index in [0.29, 0.717) is 0 Å². The van der Waals surface area contributed by atoms with Crippen LogP contribution in [0.1, 0.15) is 30.2 Å². The average molecular weight is 202 g/mol. The second-order valence-corrected chi connectivity index (χ2v) is 4.77. The molecule has 0 unspecified atom stereocenters. The van der Waals surface area contributed by atoms with Crippen molar-refractivity contribution < 1.29 is 0 Å². The highest BCUT2D eigenvalue weighted by Crippen LogP contribution is 2.39.